The number of amides is 1. The van der Waals surface area contributed by atoms with E-state index in [1.165, 1.54) is 0 Å². The second kappa shape index (κ2) is 7.96. The van der Waals surface area contributed by atoms with E-state index in [1.807, 2.05) is 18.2 Å². The molecule has 6 nitrogen and oxygen atoms in total. The smallest absolute Gasteiger partial charge is 0.267 e. The van der Waals surface area contributed by atoms with Gasteiger partial charge in [-0.1, -0.05) is 35.3 Å². The van der Waals surface area contributed by atoms with Gasteiger partial charge in [0.15, 0.2) is 0 Å². The van der Waals surface area contributed by atoms with E-state index in [0.29, 0.717) is 10.7 Å². The lowest BCUT2D eigenvalue weighted by Gasteiger charge is -2.10. The van der Waals surface area contributed by atoms with Gasteiger partial charge < -0.3 is 0 Å². The summed E-state index contributed by atoms with van der Waals surface area (Å²) in [6.07, 6.45) is 4.15. The second-order valence-corrected chi connectivity index (χ2v) is 9.38. The molecule has 0 saturated heterocycles. The summed E-state index contributed by atoms with van der Waals surface area (Å²) in [5.41, 5.74) is 1.92. The van der Waals surface area contributed by atoms with E-state index in [0.717, 1.165) is 34.9 Å². The molecule has 158 valence electrons. The van der Waals surface area contributed by atoms with Crippen LogP contribution >= 0.6 is 23.2 Å². The van der Waals surface area contributed by atoms with Crippen molar-refractivity contribution in [3.05, 3.63) is 82.4 Å². The van der Waals surface area contributed by atoms with Crippen LogP contribution in [0.5, 0.6) is 0 Å². The Balaban J connectivity index is 1.88. The fourth-order valence-corrected chi connectivity index (χ4v) is 4.14. The Bertz CT molecular complexity index is 1450. The van der Waals surface area contributed by atoms with Crippen LogP contribution in [-0.4, -0.2) is 30.1 Å². The number of nitrogens with zero attached hydrogens (tertiary/aromatic N) is 2. The van der Waals surface area contributed by atoms with Crippen molar-refractivity contribution in [3.8, 4) is 16.8 Å². The molecule has 10 heteroatoms. The molecular weight excluding hydrogens is 464 g/mol. The van der Waals surface area contributed by atoms with Crippen molar-refractivity contribution in [1.82, 2.24) is 14.3 Å². The van der Waals surface area contributed by atoms with Crippen LogP contribution in [0.1, 0.15) is 10.4 Å². The Kier molecular flexibility index (Phi) is 5.47. The van der Waals surface area contributed by atoms with Gasteiger partial charge in [0, 0.05) is 34.4 Å². The van der Waals surface area contributed by atoms with Crippen molar-refractivity contribution in [2.24, 2.45) is 0 Å². The zero-order valence-electron chi connectivity index (χ0n) is 15.9. The predicted molar refractivity (Wildman–Crippen MR) is 119 cm³/mol. The Morgan fingerprint density at radius 1 is 1.13 bits per heavy atom. The molecule has 2 aromatic heterocycles. The third-order valence-corrected chi connectivity index (χ3v) is 5.61. The number of sulfonamides is 1. The summed E-state index contributed by atoms with van der Waals surface area (Å²) >= 11 is 12.5. The Morgan fingerprint density at radius 3 is 2.61 bits per heavy atom. The van der Waals surface area contributed by atoms with Crippen LogP contribution in [0.15, 0.2) is 60.9 Å². The number of nitrogens with one attached hydrogen (secondary N) is 1. The van der Waals surface area contributed by atoms with Gasteiger partial charge in [0.2, 0.25) is 10.0 Å². The number of carbonyl (C=O) groups excluding carboxylic acids is 1. The van der Waals surface area contributed by atoms with Crippen LogP contribution < -0.4 is 4.72 Å². The lowest BCUT2D eigenvalue weighted by atomic mass is 10.1. The second-order valence-electron chi connectivity index (χ2n) is 6.78. The first-order valence-corrected chi connectivity index (χ1v) is 11.5. The Hall–Kier alpha value is -2.94. The summed E-state index contributed by atoms with van der Waals surface area (Å²) in [6, 6.07) is 13.1. The molecule has 4 aromatic rings. The average molecular weight is 478 g/mol. The van der Waals surface area contributed by atoms with Crippen LogP contribution in [0, 0.1) is 5.82 Å². The molecule has 2 aromatic carbocycles. The number of pyridine rings is 1. The molecule has 2 heterocycles. The Labute approximate surface area is 187 Å². The van der Waals surface area contributed by atoms with E-state index in [4.69, 9.17) is 23.2 Å². The first-order chi connectivity index (χ1) is 14.6. The van der Waals surface area contributed by atoms with Crippen LogP contribution in [0.2, 0.25) is 10.0 Å². The standard InChI is InChI=1S/C21H14Cl2FN3O3S/c1-31(29,30)26-21(28)15-9-17(23)19(10-18(15)24)27-11-16(12-4-2-5-13(22)8-12)14-6-3-7-25-20(14)27/h2-11H,1H3,(H,26,28). The summed E-state index contributed by atoms with van der Waals surface area (Å²) < 4.78 is 40.7. The summed E-state index contributed by atoms with van der Waals surface area (Å²) in [5, 5.41) is 1.40. The summed E-state index contributed by atoms with van der Waals surface area (Å²) in [6.45, 7) is 0. The van der Waals surface area contributed by atoms with E-state index in [9.17, 15) is 17.6 Å². The maximum Gasteiger partial charge on any atom is 0.267 e. The van der Waals surface area contributed by atoms with E-state index in [1.54, 1.807) is 39.9 Å². The van der Waals surface area contributed by atoms with E-state index >= 15 is 0 Å². The topological polar surface area (TPSA) is 81.1 Å². The highest BCUT2D eigenvalue weighted by Gasteiger charge is 2.21. The lowest BCUT2D eigenvalue weighted by Crippen LogP contribution is -2.30. The minimum absolute atomic E-state index is 0.0419. The van der Waals surface area contributed by atoms with Crippen LogP contribution in [0.25, 0.3) is 27.8 Å². The summed E-state index contributed by atoms with van der Waals surface area (Å²) in [5.74, 6) is -2.04. The lowest BCUT2D eigenvalue weighted by molar-refractivity contribution is 0.0978. The van der Waals surface area contributed by atoms with Gasteiger partial charge >= 0.3 is 0 Å². The highest BCUT2D eigenvalue weighted by molar-refractivity contribution is 7.89. The van der Waals surface area contributed by atoms with Gasteiger partial charge in [-0.25, -0.2) is 22.5 Å². The van der Waals surface area contributed by atoms with Crippen LogP contribution in [0.3, 0.4) is 0 Å². The monoisotopic (exact) mass is 477 g/mol. The summed E-state index contributed by atoms with van der Waals surface area (Å²) in [4.78, 5) is 16.5. The number of rotatable bonds is 4. The molecule has 1 N–H and O–H groups in total. The number of aromatic nitrogens is 2. The number of hydrogen-bond donors (Lipinski definition) is 1. The molecule has 0 atom stereocenters. The summed E-state index contributed by atoms with van der Waals surface area (Å²) in [7, 11) is -3.86. The highest BCUT2D eigenvalue weighted by Crippen LogP contribution is 2.35. The number of fused-ring (bicyclic) bond motifs is 1. The molecule has 0 bridgehead atoms. The van der Waals surface area contributed by atoms with Gasteiger partial charge in [0.05, 0.1) is 22.5 Å². The molecule has 31 heavy (non-hydrogen) atoms. The van der Waals surface area contributed by atoms with Crippen molar-refractivity contribution in [3.63, 3.8) is 0 Å². The van der Waals surface area contributed by atoms with Gasteiger partial charge in [-0.15, -0.1) is 0 Å². The zero-order chi connectivity index (χ0) is 22.3. The fraction of sp³-hybridized carbons (Fsp3) is 0.0476. The van der Waals surface area contributed by atoms with Gasteiger partial charge in [0.1, 0.15) is 11.5 Å². The third kappa shape index (κ3) is 4.27. The van der Waals surface area contributed by atoms with Gasteiger partial charge in [-0.3, -0.25) is 9.36 Å². The predicted octanol–water partition coefficient (Wildman–Crippen LogP) is 4.83. The minimum atomic E-state index is -3.86. The van der Waals surface area contributed by atoms with Gasteiger partial charge in [0.25, 0.3) is 5.91 Å². The van der Waals surface area contributed by atoms with Gasteiger partial charge in [-0.05, 0) is 35.9 Å². The average Bonchev–Trinajstić information content (AvgIpc) is 3.07. The normalized spacial score (nSPS) is 11.6. The first-order valence-electron chi connectivity index (χ1n) is 8.87. The van der Waals surface area contributed by atoms with E-state index in [-0.39, 0.29) is 10.7 Å². The van der Waals surface area contributed by atoms with Crippen LogP contribution in [0.4, 0.5) is 4.39 Å². The number of carbonyl (C=O) groups is 1. The SMILES string of the molecule is CS(=O)(=O)NC(=O)c1cc(Cl)c(-n2cc(-c3cccc(Cl)c3)c3cccnc32)cc1F. The molecular formula is C21H14Cl2FN3O3S. The van der Waals surface area contributed by atoms with Gasteiger partial charge in [-0.2, -0.15) is 0 Å². The van der Waals surface area contributed by atoms with E-state index in [2.05, 4.69) is 4.98 Å². The first kappa shape index (κ1) is 21.3. The molecule has 0 radical (unpaired) electrons. The number of benzene rings is 2. The van der Waals surface area contributed by atoms with Crippen molar-refractivity contribution in [2.75, 3.05) is 6.26 Å². The maximum absolute atomic E-state index is 14.8. The molecule has 0 aliphatic rings. The maximum atomic E-state index is 14.8. The molecule has 0 unspecified atom stereocenters. The largest absolute Gasteiger partial charge is 0.299 e. The van der Waals surface area contributed by atoms with Crippen molar-refractivity contribution >= 4 is 50.2 Å². The molecule has 1 amide bonds. The Morgan fingerprint density at radius 2 is 1.90 bits per heavy atom. The van der Waals surface area contributed by atoms with Crippen LogP contribution in [-0.2, 0) is 10.0 Å². The molecule has 0 spiro atoms. The molecule has 0 saturated carbocycles. The van der Waals surface area contributed by atoms with E-state index < -0.39 is 27.3 Å². The third-order valence-electron chi connectivity index (χ3n) is 4.52. The number of hydrogen-bond acceptors (Lipinski definition) is 4. The molecule has 0 aliphatic heterocycles. The zero-order valence-corrected chi connectivity index (χ0v) is 18.3. The quantitative estimate of drug-likeness (QED) is 0.456. The van der Waals surface area contributed by atoms with Crippen molar-refractivity contribution < 1.29 is 17.6 Å². The van der Waals surface area contributed by atoms with Crippen molar-refractivity contribution in [2.45, 2.75) is 0 Å². The number of halogens is 3. The van der Waals surface area contributed by atoms with Crippen molar-refractivity contribution in [1.29, 1.82) is 0 Å². The highest BCUT2D eigenvalue weighted by atomic mass is 35.5. The minimum Gasteiger partial charge on any atom is -0.299 e. The molecule has 0 fully saturated rings. The molecule has 0 aliphatic carbocycles. The fourth-order valence-electron chi connectivity index (χ4n) is 3.25. The molecule has 4 rings (SSSR count).